The molecule has 1 aromatic carbocycles. The predicted octanol–water partition coefficient (Wildman–Crippen LogP) is 3.54. The molecule has 2 rings (SSSR count). The van der Waals surface area contributed by atoms with Gasteiger partial charge in [-0.05, 0) is 19.1 Å². The number of anilines is 2. The Hall–Kier alpha value is -2.12. The number of ether oxygens (including phenoxy) is 1. The summed E-state index contributed by atoms with van der Waals surface area (Å²) in [4.78, 5) is 15.7. The minimum Gasteiger partial charge on any atom is -0.452 e. The number of carbonyl (C=O) groups excluding carboxylic acids is 1. The van der Waals surface area contributed by atoms with Gasteiger partial charge in [0.25, 0.3) is 0 Å². The number of carbonyl (C=O) groups is 1. The van der Waals surface area contributed by atoms with E-state index in [0.717, 1.165) is 5.69 Å². The SMILES string of the molecule is COC(=O)N/N=C/c1sc(Nc2ccc(C)cc2)nc1Cl. The Labute approximate surface area is 130 Å². The molecular formula is C13H13ClN4O2S. The number of hydrogen-bond donors (Lipinski definition) is 2. The van der Waals surface area contributed by atoms with Gasteiger partial charge >= 0.3 is 6.09 Å². The quantitative estimate of drug-likeness (QED) is 0.666. The molecule has 0 saturated heterocycles. The van der Waals surface area contributed by atoms with Crippen LogP contribution in [0.5, 0.6) is 0 Å². The van der Waals surface area contributed by atoms with E-state index in [4.69, 9.17) is 11.6 Å². The van der Waals surface area contributed by atoms with Crippen LogP contribution >= 0.6 is 22.9 Å². The van der Waals surface area contributed by atoms with Crippen LogP contribution in [0.4, 0.5) is 15.6 Å². The molecule has 1 amide bonds. The summed E-state index contributed by atoms with van der Waals surface area (Å²) < 4.78 is 4.39. The Morgan fingerprint density at radius 1 is 1.43 bits per heavy atom. The third kappa shape index (κ3) is 4.44. The van der Waals surface area contributed by atoms with Crippen LogP contribution in [0.2, 0.25) is 5.15 Å². The summed E-state index contributed by atoms with van der Waals surface area (Å²) in [5.74, 6) is 0. The lowest BCUT2D eigenvalue weighted by atomic mass is 10.2. The Balaban J connectivity index is 2.04. The van der Waals surface area contributed by atoms with Gasteiger partial charge in [-0.1, -0.05) is 40.6 Å². The molecule has 21 heavy (non-hydrogen) atoms. The van der Waals surface area contributed by atoms with Gasteiger partial charge in [0.2, 0.25) is 0 Å². The second kappa shape index (κ2) is 7.05. The number of methoxy groups -OCH3 is 1. The Morgan fingerprint density at radius 2 is 2.14 bits per heavy atom. The van der Waals surface area contributed by atoms with Crippen LogP contribution in [-0.4, -0.2) is 24.4 Å². The van der Waals surface area contributed by atoms with E-state index in [9.17, 15) is 4.79 Å². The molecule has 2 aromatic rings. The minimum atomic E-state index is -0.648. The van der Waals surface area contributed by atoms with Gasteiger partial charge in [0.1, 0.15) is 0 Å². The molecule has 0 saturated carbocycles. The first-order valence-corrected chi connectivity index (χ1v) is 7.15. The molecule has 0 fully saturated rings. The van der Waals surface area contributed by atoms with Crippen molar-refractivity contribution >= 4 is 46.1 Å². The van der Waals surface area contributed by atoms with Crippen molar-refractivity contribution in [2.24, 2.45) is 5.10 Å². The molecule has 110 valence electrons. The van der Waals surface area contributed by atoms with Crippen LogP contribution in [0.1, 0.15) is 10.4 Å². The number of aromatic nitrogens is 1. The average molecular weight is 325 g/mol. The van der Waals surface area contributed by atoms with E-state index in [-0.39, 0.29) is 0 Å². The fourth-order valence-corrected chi connectivity index (χ4v) is 2.44. The van der Waals surface area contributed by atoms with Crippen LogP contribution in [0.15, 0.2) is 29.4 Å². The fraction of sp³-hybridized carbons (Fsp3) is 0.154. The van der Waals surface area contributed by atoms with Crippen molar-refractivity contribution in [2.45, 2.75) is 6.92 Å². The van der Waals surface area contributed by atoms with E-state index in [2.05, 4.69) is 25.6 Å². The van der Waals surface area contributed by atoms with Gasteiger partial charge in [0, 0.05) is 5.69 Å². The highest BCUT2D eigenvalue weighted by molar-refractivity contribution is 7.17. The molecule has 1 aromatic heterocycles. The van der Waals surface area contributed by atoms with Gasteiger partial charge in [-0.15, -0.1) is 0 Å². The monoisotopic (exact) mass is 324 g/mol. The number of halogens is 1. The highest BCUT2D eigenvalue weighted by Crippen LogP contribution is 2.27. The maximum Gasteiger partial charge on any atom is 0.427 e. The van der Waals surface area contributed by atoms with E-state index >= 15 is 0 Å². The van der Waals surface area contributed by atoms with E-state index in [1.807, 2.05) is 31.2 Å². The van der Waals surface area contributed by atoms with E-state index in [0.29, 0.717) is 15.2 Å². The molecule has 0 aliphatic rings. The second-order valence-corrected chi connectivity index (χ2v) is 5.42. The number of benzene rings is 1. The summed E-state index contributed by atoms with van der Waals surface area (Å²) in [6, 6.07) is 7.91. The maximum atomic E-state index is 10.9. The highest BCUT2D eigenvalue weighted by Gasteiger charge is 2.08. The Kier molecular flexibility index (Phi) is 5.13. The lowest BCUT2D eigenvalue weighted by molar-refractivity contribution is 0.171. The summed E-state index contributed by atoms with van der Waals surface area (Å²) in [5, 5.41) is 7.82. The number of amides is 1. The van der Waals surface area contributed by atoms with E-state index in [1.54, 1.807) is 0 Å². The van der Waals surface area contributed by atoms with Crippen LogP contribution in [0.3, 0.4) is 0 Å². The molecule has 0 radical (unpaired) electrons. The lowest BCUT2D eigenvalue weighted by Crippen LogP contribution is -2.16. The molecule has 0 unspecified atom stereocenters. The molecule has 8 heteroatoms. The zero-order chi connectivity index (χ0) is 15.2. The third-order valence-electron chi connectivity index (χ3n) is 2.44. The van der Waals surface area contributed by atoms with Gasteiger partial charge < -0.3 is 10.1 Å². The van der Waals surface area contributed by atoms with Gasteiger partial charge in [-0.25, -0.2) is 15.2 Å². The first-order valence-electron chi connectivity index (χ1n) is 5.95. The molecule has 0 bridgehead atoms. The summed E-state index contributed by atoms with van der Waals surface area (Å²) in [5.41, 5.74) is 4.28. The molecule has 2 N–H and O–H groups in total. The maximum absolute atomic E-state index is 10.9. The van der Waals surface area contributed by atoms with Crippen molar-refractivity contribution in [3.63, 3.8) is 0 Å². The first-order chi connectivity index (χ1) is 10.1. The van der Waals surface area contributed by atoms with Crippen LogP contribution in [0, 0.1) is 6.92 Å². The van der Waals surface area contributed by atoms with Gasteiger partial charge in [0.15, 0.2) is 10.3 Å². The fourth-order valence-electron chi connectivity index (χ4n) is 1.40. The Bertz CT molecular complexity index is 655. The van der Waals surface area contributed by atoms with Crippen LogP contribution in [-0.2, 0) is 4.74 Å². The van der Waals surface area contributed by atoms with E-state index < -0.39 is 6.09 Å². The van der Waals surface area contributed by atoms with Gasteiger partial charge in [-0.3, -0.25) is 0 Å². The van der Waals surface area contributed by atoms with Crippen molar-refractivity contribution in [1.82, 2.24) is 10.4 Å². The second-order valence-electron chi connectivity index (χ2n) is 4.03. The van der Waals surface area contributed by atoms with Crippen molar-refractivity contribution in [2.75, 3.05) is 12.4 Å². The van der Waals surface area contributed by atoms with Crippen molar-refractivity contribution in [1.29, 1.82) is 0 Å². The summed E-state index contributed by atoms with van der Waals surface area (Å²) in [6.07, 6.45) is 0.766. The van der Waals surface area contributed by atoms with Crippen molar-refractivity contribution < 1.29 is 9.53 Å². The molecule has 0 spiro atoms. The normalized spacial score (nSPS) is 10.6. The molecule has 0 atom stereocenters. The van der Waals surface area contributed by atoms with Gasteiger partial charge in [-0.2, -0.15) is 5.10 Å². The minimum absolute atomic E-state index is 0.310. The van der Waals surface area contributed by atoms with Crippen molar-refractivity contribution in [3.05, 3.63) is 39.9 Å². The summed E-state index contributed by atoms with van der Waals surface area (Å²) in [7, 11) is 1.26. The largest absolute Gasteiger partial charge is 0.452 e. The standard InChI is InChI=1S/C13H13ClN4O2S/c1-8-3-5-9(6-4-8)16-12-17-11(14)10(21-12)7-15-18-13(19)20-2/h3-7H,1-2H3,(H,16,17)(H,18,19)/b15-7+. The zero-order valence-electron chi connectivity index (χ0n) is 11.4. The predicted molar refractivity (Wildman–Crippen MR) is 84.7 cm³/mol. The van der Waals surface area contributed by atoms with Crippen molar-refractivity contribution in [3.8, 4) is 0 Å². The lowest BCUT2D eigenvalue weighted by Gasteiger charge is -2.01. The highest BCUT2D eigenvalue weighted by atomic mass is 35.5. The summed E-state index contributed by atoms with van der Waals surface area (Å²) in [6.45, 7) is 2.02. The molecule has 6 nitrogen and oxygen atoms in total. The molecule has 1 heterocycles. The number of thiazole rings is 1. The van der Waals surface area contributed by atoms with Crippen LogP contribution in [0.25, 0.3) is 0 Å². The zero-order valence-corrected chi connectivity index (χ0v) is 13.0. The number of hydrogen-bond acceptors (Lipinski definition) is 6. The van der Waals surface area contributed by atoms with Gasteiger partial charge in [0.05, 0.1) is 18.2 Å². The van der Waals surface area contributed by atoms with E-state index in [1.165, 1.54) is 30.2 Å². The topological polar surface area (TPSA) is 75.6 Å². The number of hydrazone groups is 1. The number of nitrogens with one attached hydrogen (secondary N) is 2. The van der Waals surface area contributed by atoms with Crippen LogP contribution < -0.4 is 10.7 Å². The molecule has 0 aliphatic carbocycles. The number of aryl methyl sites for hydroxylation is 1. The summed E-state index contributed by atoms with van der Waals surface area (Å²) >= 11 is 7.33. The first kappa shape index (κ1) is 15.3. The smallest absolute Gasteiger partial charge is 0.427 e. The third-order valence-corrected chi connectivity index (χ3v) is 3.74. The number of rotatable bonds is 4. The Morgan fingerprint density at radius 3 is 2.81 bits per heavy atom. The molecular weight excluding hydrogens is 312 g/mol. The molecule has 0 aliphatic heterocycles. The average Bonchev–Trinajstić information content (AvgIpc) is 2.81. The number of nitrogens with zero attached hydrogens (tertiary/aromatic N) is 2.